The number of benzene rings is 2. The highest BCUT2D eigenvalue weighted by Crippen LogP contribution is 2.33. The third-order valence-electron chi connectivity index (χ3n) is 3.38. The van der Waals surface area contributed by atoms with Crippen molar-refractivity contribution in [1.82, 2.24) is 0 Å². The molecule has 2 nitrogen and oxygen atoms in total. The lowest BCUT2D eigenvalue weighted by Gasteiger charge is -2.19. The van der Waals surface area contributed by atoms with Crippen molar-refractivity contribution in [3.05, 3.63) is 65.5 Å². The van der Waals surface area contributed by atoms with Crippen LogP contribution in [-0.2, 0) is 6.54 Å². The molecule has 5 heteroatoms. The Labute approximate surface area is 130 Å². The van der Waals surface area contributed by atoms with E-state index >= 15 is 0 Å². The zero-order chi connectivity index (χ0) is 12.5. The van der Waals surface area contributed by atoms with Gasteiger partial charge in [0.1, 0.15) is 5.82 Å². The molecule has 3 rings (SSSR count). The largest absolute Gasteiger partial charge is 0.365 e. The van der Waals surface area contributed by atoms with Gasteiger partial charge in [0.05, 0.1) is 0 Å². The number of nitrogens with zero attached hydrogens (tertiary/aromatic N) is 1. The number of anilines is 1. The summed E-state index contributed by atoms with van der Waals surface area (Å²) in [6, 6.07) is 14.9. The fourth-order valence-corrected chi connectivity index (χ4v) is 2.48. The zero-order valence-corrected chi connectivity index (χ0v) is 12.5. The molecule has 0 fully saturated rings. The highest BCUT2D eigenvalue weighted by molar-refractivity contribution is 5.85. The first-order valence-electron chi connectivity index (χ1n) is 6.08. The van der Waals surface area contributed by atoms with Crippen LogP contribution < -0.4 is 10.6 Å². The molecule has 0 aliphatic carbocycles. The minimum absolute atomic E-state index is 0. The van der Waals surface area contributed by atoms with E-state index in [0.717, 1.165) is 18.7 Å². The molecule has 1 aliphatic rings. The summed E-state index contributed by atoms with van der Waals surface area (Å²) in [5, 5.41) is 0. The van der Waals surface area contributed by atoms with Crippen molar-refractivity contribution >= 4 is 30.5 Å². The molecule has 1 unspecified atom stereocenters. The number of para-hydroxylation sites is 1. The van der Waals surface area contributed by atoms with Crippen LogP contribution in [0, 0.1) is 5.82 Å². The number of fused-ring (bicyclic) bond motifs is 1. The summed E-state index contributed by atoms with van der Waals surface area (Å²) in [6.07, 6.45) is 0. The summed E-state index contributed by atoms with van der Waals surface area (Å²) in [5.74, 6) is -0.197. The second-order valence-corrected chi connectivity index (χ2v) is 4.67. The van der Waals surface area contributed by atoms with E-state index in [1.165, 1.54) is 23.4 Å². The summed E-state index contributed by atoms with van der Waals surface area (Å²) in [5.41, 5.74) is 9.59. The van der Waals surface area contributed by atoms with E-state index in [4.69, 9.17) is 5.73 Å². The Balaban J connectivity index is 0.000001000. The molecule has 2 aromatic carbocycles. The van der Waals surface area contributed by atoms with E-state index < -0.39 is 0 Å². The van der Waals surface area contributed by atoms with Gasteiger partial charge >= 0.3 is 0 Å². The quantitative estimate of drug-likeness (QED) is 0.916. The third kappa shape index (κ3) is 3.23. The van der Waals surface area contributed by atoms with Crippen LogP contribution in [0.1, 0.15) is 17.2 Å². The Morgan fingerprint density at radius 1 is 1.05 bits per heavy atom. The number of hydrogen-bond donors (Lipinski definition) is 1. The predicted octanol–water partition coefficient (Wildman–Crippen LogP) is 3.69. The molecule has 0 saturated carbocycles. The van der Waals surface area contributed by atoms with Crippen LogP contribution in [0.2, 0.25) is 0 Å². The Morgan fingerprint density at radius 3 is 2.40 bits per heavy atom. The smallest absolute Gasteiger partial charge is 0.123 e. The van der Waals surface area contributed by atoms with Crippen molar-refractivity contribution in [1.29, 1.82) is 0 Å². The summed E-state index contributed by atoms with van der Waals surface area (Å²) in [6.45, 7) is 1.59. The average Bonchev–Trinajstić information content (AvgIpc) is 2.70. The topological polar surface area (TPSA) is 29.3 Å². The molecule has 0 aromatic heterocycles. The van der Waals surface area contributed by atoms with Crippen LogP contribution in [0.25, 0.3) is 0 Å². The van der Waals surface area contributed by atoms with Gasteiger partial charge in [-0.15, -0.1) is 24.8 Å². The van der Waals surface area contributed by atoms with Gasteiger partial charge in [0.15, 0.2) is 0 Å². The maximum Gasteiger partial charge on any atom is 0.123 e. The highest BCUT2D eigenvalue weighted by Gasteiger charge is 2.24. The van der Waals surface area contributed by atoms with Crippen LogP contribution in [0.3, 0.4) is 0 Å². The van der Waals surface area contributed by atoms with Crippen molar-refractivity contribution in [3.63, 3.8) is 0 Å². The molecule has 0 bridgehead atoms. The second-order valence-electron chi connectivity index (χ2n) is 4.67. The van der Waals surface area contributed by atoms with Crippen molar-refractivity contribution in [2.75, 3.05) is 11.4 Å². The molecular weight excluding hydrogens is 298 g/mol. The van der Waals surface area contributed by atoms with Gasteiger partial charge in [0.2, 0.25) is 0 Å². The Kier molecular flexibility index (Phi) is 5.81. The number of halogens is 3. The van der Waals surface area contributed by atoms with Crippen molar-refractivity contribution < 1.29 is 4.39 Å². The molecule has 108 valence electrons. The molecule has 20 heavy (non-hydrogen) atoms. The van der Waals surface area contributed by atoms with Crippen LogP contribution >= 0.6 is 24.8 Å². The highest BCUT2D eigenvalue weighted by atomic mass is 35.5. The van der Waals surface area contributed by atoms with Gasteiger partial charge < -0.3 is 10.6 Å². The first-order chi connectivity index (χ1) is 8.74. The molecular formula is C15H17Cl2FN2. The van der Waals surface area contributed by atoms with Gasteiger partial charge in [0, 0.05) is 24.8 Å². The van der Waals surface area contributed by atoms with Gasteiger partial charge in [-0.05, 0) is 29.3 Å². The van der Waals surface area contributed by atoms with Crippen molar-refractivity contribution in [2.24, 2.45) is 5.73 Å². The Bertz CT molecular complexity index is 560. The van der Waals surface area contributed by atoms with Gasteiger partial charge in [-0.25, -0.2) is 4.39 Å². The molecule has 0 spiro atoms. The van der Waals surface area contributed by atoms with Gasteiger partial charge in [0.25, 0.3) is 0 Å². The van der Waals surface area contributed by atoms with Crippen LogP contribution in [0.4, 0.5) is 10.1 Å². The lowest BCUT2D eigenvalue weighted by Crippen LogP contribution is -2.23. The average molecular weight is 315 g/mol. The molecule has 1 heterocycles. The number of hydrogen-bond acceptors (Lipinski definition) is 2. The Morgan fingerprint density at radius 2 is 1.70 bits per heavy atom. The second kappa shape index (κ2) is 6.93. The van der Waals surface area contributed by atoms with E-state index in [9.17, 15) is 4.39 Å². The maximum absolute atomic E-state index is 12.9. The van der Waals surface area contributed by atoms with Crippen LogP contribution in [-0.4, -0.2) is 6.54 Å². The standard InChI is InChI=1S/C15H15FN2.2ClH/c16-12-7-5-11(6-8-12)9-18-10-14(17)13-3-1-2-4-15(13)18;;/h1-8,14H,9-10,17H2;2*1H. The summed E-state index contributed by atoms with van der Waals surface area (Å²) in [7, 11) is 0. The molecule has 0 amide bonds. The van der Waals surface area contributed by atoms with E-state index in [1.807, 2.05) is 24.3 Å². The first kappa shape index (κ1) is 16.8. The molecule has 1 aliphatic heterocycles. The van der Waals surface area contributed by atoms with Gasteiger partial charge in [-0.3, -0.25) is 0 Å². The SMILES string of the molecule is Cl.Cl.NC1CN(Cc2ccc(F)cc2)c2ccccc21. The first-order valence-corrected chi connectivity index (χ1v) is 6.08. The van der Waals surface area contributed by atoms with Crippen LogP contribution in [0.5, 0.6) is 0 Å². The van der Waals surface area contributed by atoms with E-state index in [2.05, 4.69) is 17.0 Å². The minimum atomic E-state index is -0.197. The van der Waals surface area contributed by atoms with Crippen LogP contribution in [0.15, 0.2) is 48.5 Å². The summed E-state index contributed by atoms with van der Waals surface area (Å²) in [4.78, 5) is 2.24. The third-order valence-corrected chi connectivity index (χ3v) is 3.38. The van der Waals surface area contributed by atoms with Gasteiger partial charge in [-0.1, -0.05) is 30.3 Å². The van der Waals surface area contributed by atoms with E-state index in [1.54, 1.807) is 0 Å². The number of rotatable bonds is 2. The molecule has 0 saturated heterocycles. The molecule has 0 radical (unpaired) electrons. The lowest BCUT2D eigenvalue weighted by molar-refractivity contribution is 0.626. The number of nitrogens with two attached hydrogens (primary N) is 1. The summed E-state index contributed by atoms with van der Waals surface area (Å²) >= 11 is 0. The predicted molar refractivity (Wildman–Crippen MR) is 85.3 cm³/mol. The van der Waals surface area contributed by atoms with Crippen molar-refractivity contribution in [2.45, 2.75) is 12.6 Å². The van der Waals surface area contributed by atoms with E-state index in [0.29, 0.717) is 0 Å². The summed E-state index contributed by atoms with van der Waals surface area (Å²) < 4.78 is 12.9. The molecule has 2 aromatic rings. The van der Waals surface area contributed by atoms with Gasteiger partial charge in [-0.2, -0.15) is 0 Å². The Hall–Kier alpha value is -1.29. The fourth-order valence-electron chi connectivity index (χ4n) is 2.48. The maximum atomic E-state index is 12.9. The normalized spacial score (nSPS) is 16.1. The minimum Gasteiger partial charge on any atom is -0.365 e. The monoisotopic (exact) mass is 314 g/mol. The zero-order valence-electron chi connectivity index (χ0n) is 10.8. The van der Waals surface area contributed by atoms with Crippen molar-refractivity contribution in [3.8, 4) is 0 Å². The van der Waals surface area contributed by atoms with E-state index in [-0.39, 0.29) is 36.7 Å². The molecule has 2 N–H and O–H groups in total. The lowest BCUT2D eigenvalue weighted by atomic mass is 10.1. The molecule has 1 atom stereocenters. The fraction of sp³-hybridized carbons (Fsp3) is 0.200.